The number of hydrogen-bond acceptors (Lipinski definition) is 7. The zero-order chi connectivity index (χ0) is 19.8. The van der Waals surface area contributed by atoms with E-state index in [0.717, 1.165) is 0 Å². The summed E-state index contributed by atoms with van der Waals surface area (Å²) in [5, 5.41) is 3.19. The fourth-order valence-electron chi connectivity index (χ4n) is 3.23. The SMILES string of the molecule is C[C@H](Nc1ncnc(N)c1N)c1nc2ccc(F)c(-c3ccccn3)c2n1C. The first kappa shape index (κ1) is 17.7. The van der Waals surface area contributed by atoms with Gasteiger partial charge in [0.15, 0.2) is 11.6 Å². The highest BCUT2D eigenvalue weighted by Crippen LogP contribution is 2.32. The van der Waals surface area contributed by atoms with Crippen molar-refractivity contribution in [3.05, 3.63) is 54.5 Å². The molecular weight excluding hydrogens is 359 g/mol. The van der Waals surface area contributed by atoms with Gasteiger partial charge in [0.2, 0.25) is 0 Å². The van der Waals surface area contributed by atoms with Crippen LogP contribution < -0.4 is 16.8 Å². The number of rotatable bonds is 4. The van der Waals surface area contributed by atoms with Crippen molar-refractivity contribution in [2.45, 2.75) is 13.0 Å². The lowest BCUT2D eigenvalue weighted by Crippen LogP contribution is -2.15. The highest BCUT2D eigenvalue weighted by molar-refractivity contribution is 5.92. The third kappa shape index (κ3) is 2.86. The molecule has 0 aliphatic rings. The van der Waals surface area contributed by atoms with E-state index in [1.807, 2.05) is 24.6 Å². The van der Waals surface area contributed by atoms with E-state index in [9.17, 15) is 4.39 Å². The maximum Gasteiger partial charge on any atom is 0.155 e. The van der Waals surface area contributed by atoms with Gasteiger partial charge in [0.1, 0.15) is 23.7 Å². The lowest BCUT2D eigenvalue weighted by atomic mass is 10.1. The van der Waals surface area contributed by atoms with Crippen molar-refractivity contribution in [1.82, 2.24) is 24.5 Å². The third-order valence-electron chi connectivity index (χ3n) is 4.60. The predicted octanol–water partition coefficient (Wildman–Crippen LogP) is 2.90. The number of imidazole rings is 1. The molecule has 0 radical (unpaired) electrons. The maximum atomic E-state index is 14.7. The fraction of sp³-hybridized carbons (Fsp3) is 0.158. The summed E-state index contributed by atoms with van der Waals surface area (Å²) in [6.45, 7) is 1.91. The number of nitrogens with zero attached hydrogens (tertiary/aromatic N) is 5. The van der Waals surface area contributed by atoms with Crippen LogP contribution in [0, 0.1) is 5.82 Å². The number of nitrogen functional groups attached to an aromatic ring is 2. The zero-order valence-corrected chi connectivity index (χ0v) is 15.4. The molecule has 1 aromatic carbocycles. The number of pyridine rings is 1. The van der Waals surface area contributed by atoms with Gasteiger partial charge in [0.05, 0.1) is 28.3 Å². The number of aromatic nitrogens is 5. The molecule has 0 unspecified atom stereocenters. The highest BCUT2D eigenvalue weighted by atomic mass is 19.1. The van der Waals surface area contributed by atoms with Gasteiger partial charge in [-0.2, -0.15) is 0 Å². The Hall–Kier alpha value is -3.75. The van der Waals surface area contributed by atoms with Gasteiger partial charge in [-0.15, -0.1) is 0 Å². The van der Waals surface area contributed by atoms with Crippen LogP contribution in [0.3, 0.4) is 0 Å². The van der Waals surface area contributed by atoms with Crippen molar-refractivity contribution in [3.8, 4) is 11.3 Å². The Morgan fingerprint density at radius 1 is 1.11 bits per heavy atom. The van der Waals surface area contributed by atoms with Gasteiger partial charge >= 0.3 is 0 Å². The van der Waals surface area contributed by atoms with Crippen LogP contribution in [0.2, 0.25) is 0 Å². The van der Waals surface area contributed by atoms with Crippen LogP contribution >= 0.6 is 0 Å². The lowest BCUT2D eigenvalue weighted by molar-refractivity contribution is 0.631. The van der Waals surface area contributed by atoms with Crippen LogP contribution in [0.25, 0.3) is 22.3 Å². The summed E-state index contributed by atoms with van der Waals surface area (Å²) >= 11 is 0. The second-order valence-corrected chi connectivity index (χ2v) is 6.42. The summed E-state index contributed by atoms with van der Waals surface area (Å²) in [5.41, 5.74) is 14.3. The monoisotopic (exact) mass is 378 g/mol. The van der Waals surface area contributed by atoms with Crippen LogP contribution in [0.1, 0.15) is 18.8 Å². The quantitative estimate of drug-likeness (QED) is 0.499. The smallest absolute Gasteiger partial charge is 0.155 e. The van der Waals surface area contributed by atoms with E-state index < -0.39 is 0 Å². The van der Waals surface area contributed by atoms with Gasteiger partial charge < -0.3 is 21.4 Å². The first-order valence-corrected chi connectivity index (χ1v) is 8.66. The molecular formula is C19H19FN8. The number of nitrogens with one attached hydrogen (secondary N) is 1. The summed E-state index contributed by atoms with van der Waals surface area (Å²) < 4.78 is 16.5. The molecule has 9 heteroatoms. The zero-order valence-electron chi connectivity index (χ0n) is 15.4. The molecule has 0 aliphatic heterocycles. The Balaban J connectivity index is 1.81. The molecule has 0 bridgehead atoms. The van der Waals surface area contributed by atoms with Gasteiger partial charge in [-0.05, 0) is 31.2 Å². The number of benzene rings is 1. The molecule has 0 spiro atoms. The normalized spacial score (nSPS) is 12.2. The van der Waals surface area contributed by atoms with E-state index in [1.54, 1.807) is 24.4 Å². The summed E-state index contributed by atoms with van der Waals surface area (Å²) in [5.74, 6) is 0.959. The van der Waals surface area contributed by atoms with Crippen molar-refractivity contribution in [2.24, 2.45) is 7.05 Å². The summed E-state index contributed by atoms with van der Waals surface area (Å²) in [7, 11) is 1.84. The van der Waals surface area contributed by atoms with Gasteiger partial charge in [-0.3, -0.25) is 4.98 Å². The second kappa shape index (κ2) is 6.76. The standard InChI is InChI=1S/C19H19FN8/c1-10(26-18-15(21)17(22)24-9-25-18)19-27-13-7-6-11(20)14(16(13)28(19)2)12-5-3-4-8-23-12/h3-10H,21H2,1-2H3,(H3,22,24,25,26)/t10-/m0/s1. The average molecular weight is 378 g/mol. The Morgan fingerprint density at radius 2 is 1.93 bits per heavy atom. The lowest BCUT2D eigenvalue weighted by Gasteiger charge is -2.16. The minimum Gasteiger partial charge on any atom is -0.393 e. The second-order valence-electron chi connectivity index (χ2n) is 6.42. The van der Waals surface area contributed by atoms with Gasteiger partial charge in [-0.25, -0.2) is 19.3 Å². The number of nitrogens with two attached hydrogens (primary N) is 2. The number of hydrogen-bond donors (Lipinski definition) is 3. The molecule has 8 nitrogen and oxygen atoms in total. The van der Waals surface area contributed by atoms with E-state index in [0.29, 0.717) is 33.9 Å². The Morgan fingerprint density at radius 3 is 2.68 bits per heavy atom. The van der Waals surface area contributed by atoms with Crippen LogP contribution in [-0.4, -0.2) is 24.5 Å². The Bertz CT molecular complexity index is 1160. The maximum absolute atomic E-state index is 14.7. The molecule has 0 fully saturated rings. The van der Waals surface area contributed by atoms with Gasteiger partial charge in [0, 0.05) is 13.2 Å². The van der Waals surface area contributed by atoms with E-state index in [4.69, 9.17) is 11.5 Å². The first-order valence-electron chi connectivity index (χ1n) is 8.66. The molecule has 0 saturated carbocycles. The number of anilines is 3. The number of halogens is 1. The average Bonchev–Trinajstić information content (AvgIpc) is 3.03. The van der Waals surface area contributed by atoms with Gasteiger partial charge in [0.25, 0.3) is 0 Å². The summed E-state index contributed by atoms with van der Waals surface area (Å²) in [6, 6.07) is 8.18. The third-order valence-corrected chi connectivity index (χ3v) is 4.60. The van der Waals surface area contributed by atoms with Crippen molar-refractivity contribution in [2.75, 3.05) is 16.8 Å². The largest absolute Gasteiger partial charge is 0.393 e. The van der Waals surface area contributed by atoms with Crippen molar-refractivity contribution in [3.63, 3.8) is 0 Å². The summed E-state index contributed by atoms with van der Waals surface area (Å²) in [4.78, 5) is 17.0. The van der Waals surface area contributed by atoms with E-state index >= 15 is 0 Å². The highest BCUT2D eigenvalue weighted by Gasteiger charge is 2.21. The van der Waals surface area contributed by atoms with Crippen LogP contribution in [0.4, 0.5) is 21.7 Å². The molecule has 1 atom stereocenters. The molecule has 142 valence electrons. The van der Waals surface area contributed by atoms with Crippen LogP contribution in [-0.2, 0) is 7.05 Å². The predicted molar refractivity (Wildman–Crippen MR) is 107 cm³/mol. The van der Waals surface area contributed by atoms with E-state index in [2.05, 4.69) is 25.3 Å². The topological polar surface area (TPSA) is 121 Å². The molecule has 5 N–H and O–H groups in total. The Kier molecular flexibility index (Phi) is 4.26. The summed E-state index contributed by atoms with van der Waals surface area (Å²) in [6.07, 6.45) is 2.97. The Labute approximate surface area is 160 Å². The number of fused-ring (bicyclic) bond motifs is 1. The minimum absolute atomic E-state index is 0.203. The molecule has 28 heavy (non-hydrogen) atoms. The van der Waals surface area contributed by atoms with Crippen molar-refractivity contribution in [1.29, 1.82) is 0 Å². The molecule has 0 amide bonds. The van der Waals surface area contributed by atoms with Crippen molar-refractivity contribution >= 4 is 28.4 Å². The molecule has 4 rings (SSSR count). The van der Waals surface area contributed by atoms with Crippen LogP contribution in [0.5, 0.6) is 0 Å². The molecule has 0 aliphatic carbocycles. The molecule has 3 heterocycles. The molecule has 0 saturated heterocycles. The van der Waals surface area contributed by atoms with Crippen LogP contribution in [0.15, 0.2) is 42.9 Å². The minimum atomic E-state index is -0.353. The van der Waals surface area contributed by atoms with Gasteiger partial charge in [-0.1, -0.05) is 6.07 Å². The number of aryl methyl sites for hydroxylation is 1. The molecule has 4 aromatic rings. The van der Waals surface area contributed by atoms with Crippen molar-refractivity contribution < 1.29 is 4.39 Å². The fourth-order valence-corrected chi connectivity index (χ4v) is 3.23. The molecule has 3 aromatic heterocycles. The first-order chi connectivity index (χ1) is 13.5. The van der Waals surface area contributed by atoms with E-state index in [-0.39, 0.29) is 23.4 Å². The van der Waals surface area contributed by atoms with E-state index in [1.165, 1.54) is 12.4 Å².